The lowest BCUT2D eigenvalue weighted by Gasteiger charge is -2.09. The number of allylic oxidation sites excluding steroid dienone is 1. The number of nitrogens with zero attached hydrogens (tertiary/aromatic N) is 3. The van der Waals surface area contributed by atoms with Gasteiger partial charge >= 0.3 is 6.61 Å². The van der Waals surface area contributed by atoms with Gasteiger partial charge in [-0.25, -0.2) is 0 Å². The predicted octanol–water partition coefficient (Wildman–Crippen LogP) is 4.77. The Bertz CT molecular complexity index is 1020. The van der Waals surface area contributed by atoms with Crippen LogP contribution in [0.5, 0.6) is 5.75 Å². The van der Waals surface area contributed by atoms with Crippen molar-refractivity contribution < 1.29 is 18.3 Å². The van der Waals surface area contributed by atoms with Crippen molar-refractivity contribution in [3.63, 3.8) is 0 Å². The van der Waals surface area contributed by atoms with Gasteiger partial charge in [0.1, 0.15) is 5.75 Å². The second-order valence-corrected chi connectivity index (χ2v) is 7.26. The van der Waals surface area contributed by atoms with Crippen LogP contribution in [0.15, 0.2) is 66.3 Å². The summed E-state index contributed by atoms with van der Waals surface area (Å²) in [5.41, 5.74) is 2.53. The van der Waals surface area contributed by atoms with Gasteiger partial charge < -0.3 is 10.1 Å². The van der Waals surface area contributed by atoms with Gasteiger partial charge in [-0.2, -0.15) is 8.78 Å². The molecule has 1 aromatic heterocycles. The molecule has 0 aliphatic carbocycles. The van der Waals surface area contributed by atoms with Gasteiger partial charge in [-0.15, -0.1) is 16.8 Å². The summed E-state index contributed by atoms with van der Waals surface area (Å²) in [5, 5.41) is 11.8. The number of aromatic nitrogens is 3. The molecule has 0 saturated carbocycles. The molecule has 0 saturated heterocycles. The van der Waals surface area contributed by atoms with Crippen molar-refractivity contribution in [3.8, 4) is 17.1 Å². The van der Waals surface area contributed by atoms with Crippen molar-refractivity contribution in [1.82, 2.24) is 14.8 Å². The Hall–Kier alpha value is -3.20. The number of carbonyl (C=O) groups is 1. The quantitative estimate of drug-likeness (QED) is 0.391. The zero-order valence-corrected chi connectivity index (χ0v) is 17.0. The van der Waals surface area contributed by atoms with Crippen LogP contribution in [-0.4, -0.2) is 33.0 Å². The van der Waals surface area contributed by atoms with E-state index in [4.69, 9.17) is 0 Å². The van der Waals surface area contributed by atoms with Crippen LogP contribution in [0.3, 0.4) is 0 Å². The van der Waals surface area contributed by atoms with Crippen LogP contribution in [0.1, 0.15) is 5.56 Å². The third kappa shape index (κ3) is 5.66. The number of nitrogens with one attached hydrogen (secondary N) is 1. The first-order chi connectivity index (χ1) is 14.5. The standard InChI is InChI=1S/C21H20F2N4O2S/c1-3-11-27-19(15-6-4-5-14(2)12-15)25-26-21(27)30-13-18(28)24-16-7-9-17(10-8-16)29-20(22)23/h3-10,12,20H,1,11,13H2,2H3,(H,24,28). The molecule has 1 amide bonds. The predicted molar refractivity (Wildman–Crippen MR) is 113 cm³/mol. The highest BCUT2D eigenvalue weighted by atomic mass is 32.2. The Morgan fingerprint density at radius 2 is 2.03 bits per heavy atom. The number of thioether (sulfide) groups is 1. The summed E-state index contributed by atoms with van der Waals surface area (Å²) >= 11 is 1.25. The lowest BCUT2D eigenvalue weighted by atomic mass is 10.1. The number of ether oxygens (including phenoxy) is 1. The zero-order valence-electron chi connectivity index (χ0n) is 16.2. The van der Waals surface area contributed by atoms with Gasteiger partial charge in [0.15, 0.2) is 11.0 Å². The SMILES string of the molecule is C=CCn1c(SCC(=O)Nc2ccc(OC(F)F)cc2)nnc1-c1cccc(C)c1. The maximum Gasteiger partial charge on any atom is 0.387 e. The normalized spacial score (nSPS) is 10.8. The second-order valence-electron chi connectivity index (χ2n) is 6.31. The Morgan fingerprint density at radius 3 is 2.70 bits per heavy atom. The van der Waals surface area contributed by atoms with Crippen molar-refractivity contribution in [1.29, 1.82) is 0 Å². The topological polar surface area (TPSA) is 69.0 Å². The largest absolute Gasteiger partial charge is 0.435 e. The molecule has 0 spiro atoms. The molecule has 0 aliphatic heterocycles. The third-order valence-corrected chi connectivity index (χ3v) is 4.97. The molecule has 2 aromatic carbocycles. The van der Waals surface area contributed by atoms with E-state index in [1.807, 2.05) is 35.8 Å². The van der Waals surface area contributed by atoms with Gasteiger partial charge in [-0.1, -0.05) is 41.6 Å². The van der Waals surface area contributed by atoms with E-state index in [1.54, 1.807) is 6.08 Å². The fourth-order valence-corrected chi connectivity index (χ4v) is 3.48. The molecule has 30 heavy (non-hydrogen) atoms. The van der Waals surface area contributed by atoms with Gasteiger partial charge in [0.2, 0.25) is 5.91 Å². The highest BCUT2D eigenvalue weighted by Crippen LogP contribution is 2.25. The number of anilines is 1. The Morgan fingerprint density at radius 1 is 1.27 bits per heavy atom. The average molecular weight is 430 g/mol. The molecule has 156 valence electrons. The summed E-state index contributed by atoms with van der Waals surface area (Å²) in [6.07, 6.45) is 1.75. The lowest BCUT2D eigenvalue weighted by Crippen LogP contribution is -2.14. The number of aryl methyl sites for hydroxylation is 1. The monoisotopic (exact) mass is 430 g/mol. The molecule has 9 heteroatoms. The summed E-state index contributed by atoms with van der Waals surface area (Å²) in [5.74, 6) is 0.584. The number of rotatable bonds is 9. The molecule has 0 bridgehead atoms. The van der Waals surface area contributed by atoms with Crippen molar-refractivity contribution in [2.75, 3.05) is 11.1 Å². The van der Waals surface area contributed by atoms with Crippen LogP contribution in [0.4, 0.5) is 14.5 Å². The maximum absolute atomic E-state index is 12.3. The number of amides is 1. The van der Waals surface area contributed by atoms with Crippen LogP contribution in [0.25, 0.3) is 11.4 Å². The first kappa shape index (κ1) is 21.5. The van der Waals surface area contributed by atoms with E-state index >= 15 is 0 Å². The molecule has 1 N–H and O–H groups in total. The van der Waals surface area contributed by atoms with Crippen molar-refractivity contribution in [2.24, 2.45) is 0 Å². The molecule has 0 radical (unpaired) electrons. The molecule has 3 aromatic rings. The van der Waals surface area contributed by atoms with E-state index in [0.717, 1.165) is 11.1 Å². The van der Waals surface area contributed by atoms with E-state index in [2.05, 4.69) is 26.8 Å². The summed E-state index contributed by atoms with van der Waals surface area (Å²) in [7, 11) is 0. The molecule has 0 aliphatic rings. The van der Waals surface area contributed by atoms with Crippen LogP contribution < -0.4 is 10.1 Å². The highest BCUT2D eigenvalue weighted by molar-refractivity contribution is 7.99. The van der Waals surface area contributed by atoms with E-state index in [9.17, 15) is 13.6 Å². The van der Waals surface area contributed by atoms with Crippen molar-refractivity contribution in [3.05, 3.63) is 66.7 Å². The van der Waals surface area contributed by atoms with Gasteiger partial charge in [0.05, 0.1) is 5.75 Å². The second kappa shape index (κ2) is 10.0. The van der Waals surface area contributed by atoms with Crippen LogP contribution in [0, 0.1) is 6.92 Å². The summed E-state index contributed by atoms with van der Waals surface area (Å²) in [4.78, 5) is 12.3. The van der Waals surface area contributed by atoms with Crippen molar-refractivity contribution in [2.45, 2.75) is 25.2 Å². The van der Waals surface area contributed by atoms with Crippen LogP contribution in [0.2, 0.25) is 0 Å². The van der Waals surface area contributed by atoms with Gasteiger partial charge in [-0.3, -0.25) is 9.36 Å². The van der Waals surface area contributed by atoms with Crippen LogP contribution in [-0.2, 0) is 11.3 Å². The minimum Gasteiger partial charge on any atom is -0.435 e. The van der Waals surface area contributed by atoms with Gasteiger partial charge in [-0.05, 0) is 37.3 Å². The Labute approximate surface area is 177 Å². The first-order valence-electron chi connectivity index (χ1n) is 9.05. The zero-order chi connectivity index (χ0) is 21.5. The number of benzene rings is 2. The smallest absolute Gasteiger partial charge is 0.387 e. The molecule has 3 rings (SSSR count). The first-order valence-corrected chi connectivity index (χ1v) is 10.0. The van der Waals surface area contributed by atoms with E-state index in [0.29, 0.717) is 23.2 Å². The molecule has 0 atom stereocenters. The third-order valence-electron chi connectivity index (χ3n) is 4.00. The molecule has 1 heterocycles. The molecule has 0 unspecified atom stereocenters. The summed E-state index contributed by atoms with van der Waals surface area (Å²) < 4.78 is 30.6. The van der Waals surface area contributed by atoms with Crippen molar-refractivity contribution >= 4 is 23.4 Å². The Balaban J connectivity index is 1.65. The van der Waals surface area contributed by atoms with Crippen LogP contribution >= 0.6 is 11.8 Å². The Kier molecular flexibility index (Phi) is 7.18. The lowest BCUT2D eigenvalue weighted by molar-refractivity contribution is -0.113. The fraction of sp³-hybridized carbons (Fsp3) is 0.190. The molecule has 6 nitrogen and oxygen atoms in total. The van der Waals surface area contributed by atoms with E-state index in [-0.39, 0.29) is 17.4 Å². The highest BCUT2D eigenvalue weighted by Gasteiger charge is 2.15. The number of carbonyl (C=O) groups excluding carboxylic acids is 1. The maximum atomic E-state index is 12.3. The summed E-state index contributed by atoms with van der Waals surface area (Å²) in [6.45, 7) is 3.40. The minimum atomic E-state index is -2.89. The van der Waals surface area contributed by atoms with E-state index in [1.165, 1.54) is 36.0 Å². The van der Waals surface area contributed by atoms with Gasteiger partial charge in [0, 0.05) is 17.8 Å². The number of halogens is 2. The minimum absolute atomic E-state index is 0.0265. The molecular weight excluding hydrogens is 410 g/mol. The number of alkyl halides is 2. The number of hydrogen-bond donors (Lipinski definition) is 1. The fourth-order valence-electron chi connectivity index (χ4n) is 2.73. The summed E-state index contributed by atoms with van der Waals surface area (Å²) in [6, 6.07) is 13.7. The molecule has 0 fully saturated rings. The van der Waals surface area contributed by atoms with Gasteiger partial charge in [0.25, 0.3) is 0 Å². The number of hydrogen-bond acceptors (Lipinski definition) is 5. The van der Waals surface area contributed by atoms with E-state index < -0.39 is 6.61 Å². The average Bonchev–Trinajstić information content (AvgIpc) is 3.10. The molecular formula is C21H20F2N4O2S.